The maximum Gasteiger partial charge on any atom is 0.243 e. The Balaban J connectivity index is 2.03. The van der Waals surface area contributed by atoms with Crippen LogP contribution in [0.1, 0.15) is 27.2 Å². The molecule has 1 aliphatic heterocycles. The summed E-state index contributed by atoms with van der Waals surface area (Å²) in [6.45, 7) is 7.53. The van der Waals surface area contributed by atoms with E-state index in [0.29, 0.717) is 37.6 Å². The summed E-state index contributed by atoms with van der Waals surface area (Å²) >= 11 is 5.88. The molecule has 0 unspecified atom stereocenters. The molecule has 1 aromatic carbocycles. The van der Waals surface area contributed by atoms with E-state index >= 15 is 0 Å². The molecular formula is C16H23ClN2O3S. The Kier molecular flexibility index (Phi) is 5.38. The molecule has 1 saturated heterocycles. The van der Waals surface area contributed by atoms with Crippen LogP contribution in [0.2, 0.25) is 5.02 Å². The Labute approximate surface area is 143 Å². The maximum absolute atomic E-state index is 12.6. The van der Waals surface area contributed by atoms with Crippen LogP contribution in [0, 0.1) is 5.41 Å². The van der Waals surface area contributed by atoms with Crippen LogP contribution < -0.4 is 0 Å². The van der Waals surface area contributed by atoms with Crippen LogP contribution in [-0.4, -0.2) is 49.7 Å². The highest BCUT2D eigenvalue weighted by Crippen LogP contribution is 2.23. The second kappa shape index (κ2) is 6.79. The monoisotopic (exact) mass is 358 g/mol. The number of carbonyl (C=O) groups is 1. The molecule has 0 spiro atoms. The average molecular weight is 359 g/mol. The largest absolute Gasteiger partial charge is 0.340 e. The summed E-state index contributed by atoms with van der Waals surface area (Å²) in [4.78, 5) is 14.2. The number of carbonyl (C=O) groups excluding carboxylic acids is 1. The highest BCUT2D eigenvalue weighted by molar-refractivity contribution is 7.89. The third-order valence-electron chi connectivity index (χ3n) is 3.71. The summed E-state index contributed by atoms with van der Waals surface area (Å²) in [6.07, 6.45) is 0.466. The number of hydrogen-bond acceptors (Lipinski definition) is 3. The molecular weight excluding hydrogens is 336 g/mol. The Hall–Kier alpha value is -1.11. The average Bonchev–Trinajstić information content (AvgIpc) is 2.45. The van der Waals surface area contributed by atoms with E-state index in [0.717, 1.165) is 0 Å². The second-order valence-corrected chi connectivity index (χ2v) is 9.35. The van der Waals surface area contributed by atoms with Crippen LogP contribution in [-0.2, 0) is 14.8 Å². The summed E-state index contributed by atoms with van der Waals surface area (Å²) in [6, 6.07) is 6.26. The van der Waals surface area contributed by atoms with Crippen molar-refractivity contribution >= 4 is 27.5 Å². The van der Waals surface area contributed by atoms with Gasteiger partial charge in [-0.1, -0.05) is 38.4 Å². The maximum atomic E-state index is 12.6. The lowest BCUT2D eigenvalue weighted by Crippen LogP contribution is -2.50. The van der Waals surface area contributed by atoms with Crippen LogP contribution in [0.3, 0.4) is 0 Å². The molecule has 5 nitrogen and oxygen atoms in total. The molecule has 1 aromatic rings. The van der Waals surface area contributed by atoms with E-state index in [1.807, 2.05) is 20.8 Å². The van der Waals surface area contributed by atoms with Crippen LogP contribution in [0.15, 0.2) is 29.2 Å². The van der Waals surface area contributed by atoms with Crippen LogP contribution in [0.5, 0.6) is 0 Å². The fraction of sp³-hybridized carbons (Fsp3) is 0.562. The molecule has 0 radical (unpaired) electrons. The first-order valence-corrected chi connectivity index (χ1v) is 9.45. The van der Waals surface area contributed by atoms with Gasteiger partial charge in [0, 0.05) is 37.6 Å². The molecule has 0 saturated carbocycles. The molecule has 0 aliphatic carbocycles. The third kappa shape index (κ3) is 4.68. The van der Waals surface area contributed by atoms with Gasteiger partial charge in [0.25, 0.3) is 0 Å². The van der Waals surface area contributed by atoms with Gasteiger partial charge in [0.2, 0.25) is 15.9 Å². The van der Waals surface area contributed by atoms with E-state index in [2.05, 4.69) is 0 Å². The third-order valence-corrected chi connectivity index (χ3v) is 5.84. The van der Waals surface area contributed by atoms with Gasteiger partial charge in [-0.2, -0.15) is 4.31 Å². The molecule has 0 N–H and O–H groups in total. The molecule has 7 heteroatoms. The molecule has 1 aliphatic rings. The van der Waals surface area contributed by atoms with Gasteiger partial charge in [0.15, 0.2) is 0 Å². The van der Waals surface area contributed by atoms with Gasteiger partial charge < -0.3 is 4.90 Å². The fourth-order valence-corrected chi connectivity index (χ4v) is 4.24. The lowest BCUT2D eigenvalue weighted by molar-refractivity contribution is -0.134. The number of benzene rings is 1. The number of hydrogen-bond donors (Lipinski definition) is 0. The quantitative estimate of drug-likeness (QED) is 0.834. The first-order chi connectivity index (χ1) is 10.6. The summed E-state index contributed by atoms with van der Waals surface area (Å²) in [5, 5.41) is 0.394. The first-order valence-electron chi connectivity index (χ1n) is 7.63. The zero-order chi connectivity index (χ0) is 17.3. The lowest BCUT2D eigenvalue weighted by Gasteiger charge is -2.35. The van der Waals surface area contributed by atoms with Gasteiger partial charge in [-0.25, -0.2) is 8.42 Å². The minimum Gasteiger partial charge on any atom is -0.340 e. The number of rotatable bonds is 3. The number of halogens is 1. The van der Waals surface area contributed by atoms with Crippen LogP contribution >= 0.6 is 11.6 Å². The Morgan fingerprint density at radius 3 is 2.30 bits per heavy atom. The van der Waals surface area contributed by atoms with Crippen molar-refractivity contribution in [3.63, 3.8) is 0 Å². The predicted molar refractivity (Wildman–Crippen MR) is 90.9 cm³/mol. The van der Waals surface area contributed by atoms with Crippen LogP contribution in [0.25, 0.3) is 0 Å². The van der Waals surface area contributed by atoms with E-state index in [1.54, 1.807) is 23.1 Å². The number of amides is 1. The van der Waals surface area contributed by atoms with E-state index in [4.69, 9.17) is 11.6 Å². The van der Waals surface area contributed by atoms with Crippen molar-refractivity contribution < 1.29 is 13.2 Å². The Bertz CT molecular complexity index is 675. The number of nitrogens with zero attached hydrogens (tertiary/aromatic N) is 2. The van der Waals surface area contributed by atoms with Crippen molar-refractivity contribution in [2.45, 2.75) is 32.1 Å². The summed E-state index contributed by atoms with van der Waals surface area (Å²) in [5.74, 6) is 0.0808. The molecule has 2 rings (SSSR count). The minimum atomic E-state index is -3.56. The predicted octanol–water partition coefficient (Wildman–Crippen LogP) is 2.61. The molecule has 23 heavy (non-hydrogen) atoms. The molecule has 1 fully saturated rings. The van der Waals surface area contributed by atoms with Crippen LogP contribution in [0.4, 0.5) is 0 Å². The topological polar surface area (TPSA) is 57.7 Å². The van der Waals surface area contributed by atoms with Crippen molar-refractivity contribution in [3.8, 4) is 0 Å². The zero-order valence-electron chi connectivity index (χ0n) is 13.8. The smallest absolute Gasteiger partial charge is 0.243 e. The molecule has 1 heterocycles. The van der Waals surface area contributed by atoms with Gasteiger partial charge >= 0.3 is 0 Å². The van der Waals surface area contributed by atoms with Crippen molar-refractivity contribution in [2.75, 3.05) is 26.2 Å². The lowest BCUT2D eigenvalue weighted by atomic mass is 9.91. The summed E-state index contributed by atoms with van der Waals surface area (Å²) < 4.78 is 26.6. The van der Waals surface area contributed by atoms with Crippen molar-refractivity contribution in [3.05, 3.63) is 29.3 Å². The molecule has 1 amide bonds. The summed E-state index contributed by atoms with van der Waals surface area (Å²) in [7, 11) is -3.56. The van der Waals surface area contributed by atoms with Crippen molar-refractivity contribution in [1.29, 1.82) is 0 Å². The zero-order valence-corrected chi connectivity index (χ0v) is 15.3. The number of sulfonamides is 1. The highest BCUT2D eigenvalue weighted by atomic mass is 35.5. The van der Waals surface area contributed by atoms with Gasteiger partial charge in [-0.05, 0) is 23.6 Å². The standard InChI is InChI=1S/C16H23ClN2O3S/c1-16(2,3)12-15(20)18-7-9-19(10-8-18)23(21,22)14-6-4-5-13(17)11-14/h4-6,11H,7-10,12H2,1-3H3. The van der Waals surface area contributed by atoms with E-state index < -0.39 is 10.0 Å². The summed E-state index contributed by atoms with van der Waals surface area (Å²) in [5.41, 5.74) is -0.0684. The van der Waals surface area contributed by atoms with Gasteiger partial charge in [0.1, 0.15) is 0 Å². The minimum absolute atomic E-state index is 0.0684. The fourth-order valence-electron chi connectivity index (χ4n) is 2.52. The van der Waals surface area contributed by atoms with Gasteiger partial charge in [-0.3, -0.25) is 4.79 Å². The Morgan fingerprint density at radius 2 is 1.78 bits per heavy atom. The molecule has 0 aromatic heterocycles. The van der Waals surface area contributed by atoms with E-state index in [1.165, 1.54) is 10.4 Å². The van der Waals surface area contributed by atoms with Crippen molar-refractivity contribution in [2.24, 2.45) is 5.41 Å². The normalized spacial score (nSPS) is 17.3. The SMILES string of the molecule is CC(C)(C)CC(=O)N1CCN(S(=O)(=O)c2cccc(Cl)c2)CC1. The first kappa shape index (κ1) is 18.2. The van der Waals surface area contributed by atoms with Crippen molar-refractivity contribution in [1.82, 2.24) is 9.21 Å². The highest BCUT2D eigenvalue weighted by Gasteiger charge is 2.31. The van der Waals surface area contributed by atoms with Gasteiger partial charge in [-0.15, -0.1) is 0 Å². The van der Waals surface area contributed by atoms with E-state index in [9.17, 15) is 13.2 Å². The molecule has 0 bridgehead atoms. The molecule has 128 valence electrons. The molecule has 0 atom stereocenters. The van der Waals surface area contributed by atoms with Gasteiger partial charge in [0.05, 0.1) is 4.90 Å². The number of piperazine rings is 1. The second-order valence-electron chi connectivity index (χ2n) is 6.98. The Morgan fingerprint density at radius 1 is 1.17 bits per heavy atom. The van der Waals surface area contributed by atoms with E-state index in [-0.39, 0.29) is 16.2 Å².